The summed E-state index contributed by atoms with van der Waals surface area (Å²) >= 11 is 0. The van der Waals surface area contributed by atoms with E-state index in [2.05, 4.69) is 0 Å². The fourth-order valence-electron chi connectivity index (χ4n) is 1.28. The number of carbonyl (C=O) groups is 2. The van der Waals surface area contributed by atoms with Gasteiger partial charge in [0.15, 0.2) is 0 Å². The molecular weight excluding hydrogens is 168 g/mol. The highest BCUT2D eigenvalue weighted by atomic mass is 16.5. The molecule has 0 amide bonds. The molecule has 0 rings (SSSR count). The largest absolute Gasteiger partial charge is 0.466 e. The Morgan fingerprint density at radius 2 is 1.92 bits per heavy atom. The molecule has 0 saturated heterocycles. The molecular formula is C10H18O3. The highest BCUT2D eigenvalue weighted by Crippen LogP contribution is 2.19. The van der Waals surface area contributed by atoms with Crippen molar-refractivity contribution in [2.45, 2.75) is 27.7 Å². The molecule has 0 N–H and O–H groups in total. The van der Waals surface area contributed by atoms with E-state index in [-0.39, 0.29) is 23.7 Å². The number of hydrogen-bond donors (Lipinski definition) is 0. The van der Waals surface area contributed by atoms with E-state index in [0.717, 1.165) is 6.29 Å². The minimum absolute atomic E-state index is 0.178. The van der Waals surface area contributed by atoms with Crippen LogP contribution in [0.4, 0.5) is 0 Å². The van der Waals surface area contributed by atoms with Crippen molar-refractivity contribution in [3.8, 4) is 0 Å². The van der Waals surface area contributed by atoms with Gasteiger partial charge >= 0.3 is 5.97 Å². The predicted octanol–water partition coefficient (Wildman–Crippen LogP) is 1.66. The van der Waals surface area contributed by atoms with Crippen molar-refractivity contribution >= 4 is 12.3 Å². The van der Waals surface area contributed by atoms with Crippen LogP contribution in [0.3, 0.4) is 0 Å². The van der Waals surface area contributed by atoms with Crippen LogP contribution in [0.15, 0.2) is 0 Å². The Bertz CT molecular complexity index is 175. The second kappa shape index (κ2) is 5.73. The molecule has 13 heavy (non-hydrogen) atoms. The van der Waals surface area contributed by atoms with Crippen molar-refractivity contribution in [3.63, 3.8) is 0 Å². The van der Waals surface area contributed by atoms with E-state index in [1.807, 2.05) is 13.8 Å². The summed E-state index contributed by atoms with van der Waals surface area (Å²) < 4.78 is 4.84. The molecule has 0 aliphatic heterocycles. The van der Waals surface area contributed by atoms with Gasteiger partial charge in [-0.05, 0) is 12.8 Å². The van der Waals surface area contributed by atoms with Crippen LogP contribution in [-0.4, -0.2) is 18.9 Å². The second-order valence-corrected chi connectivity index (χ2v) is 3.50. The average molecular weight is 186 g/mol. The van der Waals surface area contributed by atoms with Gasteiger partial charge in [-0.25, -0.2) is 0 Å². The Hall–Kier alpha value is -0.860. The van der Waals surface area contributed by atoms with Crippen molar-refractivity contribution in [2.24, 2.45) is 17.8 Å². The lowest BCUT2D eigenvalue weighted by Gasteiger charge is -2.20. The van der Waals surface area contributed by atoms with Gasteiger partial charge in [0.1, 0.15) is 6.29 Å². The summed E-state index contributed by atoms with van der Waals surface area (Å²) in [4.78, 5) is 22.0. The molecule has 76 valence electrons. The molecule has 3 heteroatoms. The molecule has 0 saturated carbocycles. The van der Waals surface area contributed by atoms with Crippen LogP contribution in [-0.2, 0) is 14.3 Å². The summed E-state index contributed by atoms with van der Waals surface area (Å²) in [5, 5.41) is 0. The fraction of sp³-hybridized carbons (Fsp3) is 0.800. The molecule has 2 atom stereocenters. The van der Waals surface area contributed by atoms with E-state index < -0.39 is 0 Å². The zero-order valence-corrected chi connectivity index (χ0v) is 8.74. The average Bonchev–Trinajstić information content (AvgIpc) is 2.05. The van der Waals surface area contributed by atoms with Crippen molar-refractivity contribution in [2.75, 3.05) is 6.61 Å². The smallest absolute Gasteiger partial charge is 0.309 e. The maximum atomic E-state index is 11.3. The van der Waals surface area contributed by atoms with Crippen LogP contribution < -0.4 is 0 Å². The van der Waals surface area contributed by atoms with Crippen molar-refractivity contribution in [1.82, 2.24) is 0 Å². The van der Waals surface area contributed by atoms with Gasteiger partial charge in [-0.3, -0.25) is 4.79 Å². The zero-order chi connectivity index (χ0) is 10.4. The van der Waals surface area contributed by atoms with E-state index in [1.165, 1.54) is 0 Å². The first kappa shape index (κ1) is 12.1. The quantitative estimate of drug-likeness (QED) is 0.484. The first-order chi connectivity index (χ1) is 6.04. The SMILES string of the molecule is CCOC(=O)[C@H](C)[C@@H](C=O)C(C)C. The first-order valence-corrected chi connectivity index (χ1v) is 4.66. The molecule has 0 aliphatic rings. The first-order valence-electron chi connectivity index (χ1n) is 4.66. The van der Waals surface area contributed by atoms with Gasteiger partial charge < -0.3 is 9.53 Å². The van der Waals surface area contributed by atoms with Gasteiger partial charge in [-0.15, -0.1) is 0 Å². The van der Waals surface area contributed by atoms with E-state index >= 15 is 0 Å². The maximum Gasteiger partial charge on any atom is 0.309 e. The third kappa shape index (κ3) is 3.57. The molecule has 0 heterocycles. The van der Waals surface area contributed by atoms with E-state index in [1.54, 1.807) is 13.8 Å². The van der Waals surface area contributed by atoms with Crippen molar-refractivity contribution in [3.05, 3.63) is 0 Å². The topological polar surface area (TPSA) is 43.4 Å². The number of aldehydes is 1. The fourth-order valence-corrected chi connectivity index (χ4v) is 1.28. The Morgan fingerprint density at radius 3 is 2.23 bits per heavy atom. The van der Waals surface area contributed by atoms with Gasteiger partial charge in [0, 0.05) is 5.92 Å². The Morgan fingerprint density at radius 1 is 1.38 bits per heavy atom. The maximum absolute atomic E-state index is 11.3. The summed E-state index contributed by atoms with van der Waals surface area (Å²) in [7, 11) is 0. The third-order valence-electron chi connectivity index (χ3n) is 2.16. The van der Waals surface area contributed by atoms with Crippen LogP contribution in [0.2, 0.25) is 0 Å². The van der Waals surface area contributed by atoms with Crippen LogP contribution in [0.5, 0.6) is 0 Å². The normalized spacial score (nSPS) is 15.2. The highest BCUT2D eigenvalue weighted by Gasteiger charge is 2.26. The number of esters is 1. The predicted molar refractivity (Wildman–Crippen MR) is 50.2 cm³/mol. The number of carbonyl (C=O) groups excluding carboxylic acids is 2. The molecule has 0 aliphatic carbocycles. The molecule has 0 aromatic heterocycles. The molecule has 0 radical (unpaired) electrons. The van der Waals surface area contributed by atoms with Crippen LogP contribution in [0.25, 0.3) is 0 Å². The Kier molecular flexibility index (Phi) is 5.35. The highest BCUT2D eigenvalue weighted by molar-refractivity contribution is 5.76. The van der Waals surface area contributed by atoms with Gasteiger partial charge in [-0.2, -0.15) is 0 Å². The lowest BCUT2D eigenvalue weighted by atomic mass is 9.86. The molecule has 0 fully saturated rings. The molecule has 0 unspecified atom stereocenters. The van der Waals surface area contributed by atoms with Gasteiger partial charge in [0.25, 0.3) is 0 Å². The van der Waals surface area contributed by atoms with Crippen LogP contribution >= 0.6 is 0 Å². The standard InChI is InChI=1S/C10H18O3/c1-5-13-10(12)8(4)9(6-11)7(2)3/h6-9H,5H2,1-4H3/t8-,9+/m1/s1. The summed E-state index contributed by atoms with van der Waals surface area (Å²) in [5.74, 6) is -0.679. The monoisotopic (exact) mass is 186 g/mol. The van der Waals surface area contributed by atoms with Crippen molar-refractivity contribution in [1.29, 1.82) is 0 Å². The number of hydrogen-bond acceptors (Lipinski definition) is 3. The lowest BCUT2D eigenvalue weighted by molar-refractivity contribution is -0.151. The molecule has 0 spiro atoms. The summed E-state index contributed by atoms with van der Waals surface area (Å²) in [6.07, 6.45) is 0.840. The Labute approximate surface area is 79.5 Å². The minimum Gasteiger partial charge on any atom is -0.466 e. The zero-order valence-electron chi connectivity index (χ0n) is 8.74. The number of rotatable bonds is 5. The molecule has 0 bridgehead atoms. The third-order valence-corrected chi connectivity index (χ3v) is 2.16. The van der Waals surface area contributed by atoms with Crippen LogP contribution in [0, 0.1) is 17.8 Å². The second-order valence-electron chi connectivity index (χ2n) is 3.50. The molecule has 0 aromatic rings. The van der Waals surface area contributed by atoms with E-state index in [9.17, 15) is 9.59 Å². The van der Waals surface area contributed by atoms with E-state index in [4.69, 9.17) is 4.74 Å². The van der Waals surface area contributed by atoms with Gasteiger partial charge in [0.05, 0.1) is 12.5 Å². The van der Waals surface area contributed by atoms with Crippen LogP contribution in [0.1, 0.15) is 27.7 Å². The molecule has 3 nitrogen and oxygen atoms in total. The Balaban J connectivity index is 4.27. The van der Waals surface area contributed by atoms with Gasteiger partial charge in [0.2, 0.25) is 0 Å². The summed E-state index contributed by atoms with van der Waals surface area (Å²) in [5.41, 5.74) is 0. The van der Waals surface area contributed by atoms with Gasteiger partial charge in [-0.1, -0.05) is 20.8 Å². The number of ether oxygens (including phenoxy) is 1. The summed E-state index contributed by atoms with van der Waals surface area (Å²) in [6, 6.07) is 0. The molecule has 0 aromatic carbocycles. The summed E-state index contributed by atoms with van der Waals surface area (Å²) in [6.45, 7) is 7.71. The van der Waals surface area contributed by atoms with Crippen molar-refractivity contribution < 1.29 is 14.3 Å². The minimum atomic E-state index is -0.336. The van der Waals surface area contributed by atoms with E-state index in [0.29, 0.717) is 6.61 Å². The lowest BCUT2D eigenvalue weighted by Crippen LogP contribution is -2.27.